The zero-order valence-electron chi connectivity index (χ0n) is 19.2. The van der Waals surface area contributed by atoms with Crippen LogP contribution in [0, 0.1) is 0 Å². The Morgan fingerprint density at radius 3 is 2.47 bits per heavy atom. The summed E-state index contributed by atoms with van der Waals surface area (Å²) in [7, 11) is 3.30. The highest BCUT2D eigenvalue weighted by Gasteiger charge is 2.27. The summed E-state index contributed by atoms with van der Waals surface area (Å²) in [5, 5.41) is 5.93. The fraction of sp³-hybridized carbons (Fsp3) is 0.259. The number of methoxy groups -OCH3 is 1. The number of esters is 1. The van der Waals surface area contributed by atoms with Gasteiger partial charge in [0.1, 0.15) is 18.4 Å². The van der Waals surface area contributed by atoms with Crippen LogP contribution in [0.15, 0.2) is 72.8 Å². The molecule has 0 aromatic heterocycles. The van der Waals surface area contributed by atoms with Crippen LogP contribution in [-0.2, 0) is 33.8 Å². The standard InChI is InChI=1S/C27H28N2O5/c1-28-22-14-18-8-11-21(12-9-18)34-25-16-20(10-13-24(25)32-2)15-23(29-26(22)30)27(31)33-17-19-6-4-3-5-7-19/h3-13,16,22-23,28H,14-15,17H2,1-2H3,(H,29,30)/t22-,23-/m0/s1. The lowest BCUT2D eigenvalue weighted by Crippen LogP contribution is -2.51. The minimum Gasteiger partial charge on any atom is -0.493 e. The van der Waals surface area contributed by atoms with E-state index >= 15 is 0 Å². The lowest BCUT2D eigenvalue weighted by atomic mass is 10.0. The van der Waals surface area contributed by atoms with Crippen LogP contribution < -0.4 is 20.1 Å². The van der Waals surface area contributed by atoms with Crippen molar-refractivity contribution in [3.63, 3.8) is 0 Å². The molecular formula is C27H28N2O5. The predicted octanol–water partition coefficient (Wildman–Crippen LogP) is 3.40. The van der Waals surface area contributed by atoms with E-state index < -0.39 is 18.1 Å². The Bertz CT molecular complexity index is 1130. The van der Waals surface area contributed by atoms with Crippen LogP contribution in [0.2, 0.25) is 0 Å². The van der Waals surface area contributed by atoms with Crippen molar-refractivity contribution in [1.82, 2.24) is 10.6 Å². The molecule has 2 heterocycles. The molecule has 176 valence electrons. The Balaban J connectivity index is 1.64. The molecule has 1 amide bonds. The number of amides is 1. The molecule has 2 aliphatic heterocycles. The number of hydrogen-bond donors (Lipinski definition) is 2. The molecule has 3 aromatic rings. The van der Waals surface area contributed by atoms with Crippen LogP contribution in [0.3, 0.4) is 0 Å². The van der Waals surface area contributed by atoms with Gasteiger partial charge in [-0.3, -0.25) is 4.79 Å². The molecule has 0 aliphatic carbocycles. The smallest absolute Gasteiger partial charge is 0.329 e. The normalized spacial score (nSPS) is 17.8. The maximum atomic E-state index is 13.1. The lowest BCUT2D eigenvalue weighted by Gasteiger charge is -2.23. The maximum absolute atomic E-state index is 13.1. The number of carbonyl (C=O) groups is 2. The number of hydrogen-bond acceptors (Lipinski definition) is 6. The minimum atomic E-state index is -0.864. The average Bonchev–Trinajstić information content (AvgIpc) is 2.86. The number of rotatable bonds is 5. The fourth-order valence-electron chi connectivity index (χ4n) is 3.84. The van der Waals surface area contributed by atoms with E-state index in [-0.39, 0.29) is 18.9 Å². The summed E-state index contributed by atoms with van der Waals surface area (Å²) in [6, 6.07) is 21.1. The first-order chi connectivity index (χ1) is 16.6. The summed E-state index contributed by atoms with van der Waals surface area (Å²) in [5.74, 6) is 0.986. The summed E-state index contributed by atoms with van der Waals surface area (Å²) in [4.78, 5) is 26.2. The van der Waals surface area contributed by atoms with E-state index in [1.54, 1.807) is 20.2 Å². The molecule has 7 heteroatoms. The molecule has 5 rings (SSSR count). The Labute approximate surface area is 199 Å². The van der Waals surface area contributed by atoms with E-state index in [4.69, 9.17) is 14.2 Å². The van der Waals surface area contributed by atoms with Crippen molar-refractivity contribution in [2.24, 2.45) is 0 Å². The summed E-state index contributed by atoms with van der Waals surface area (Å²) < 4.78 is 17.1. The van der Waals surface area contributed by atoms with Crippen molar-refractivity contribution in [2.45, 2.75) is 31.5 Å². The summed E-state index contributed by atoms with van der Waals surface area (Å²) in [6.07, 6.45) is 0.705. The predicted molar refractivity (Wildman–Crippen MR) is 128 cm³/mol. The van der Waals surface area contributed by atoms with Crippen LogP contribution >= 0.6 is 0 Å². The van der Waals surface area contributed by atoms with Gasteiger partial charge in [0.15, 0.2) is 11.5 Å². The van der Waals surface area contributed by atoms with Gasteiger partial charge in [-0.1, -0.05) is 48.5 Å². The van der Waals surface area contributed by atoms with E-state index in [1.807, 2.05) is 66.7 Å². The maximum Gasteiger partial charge on any atom is 0.329 e. The molecule has 34 heavy (non-hydrogen) atoms. The quantitative estimate of drug-likeness (QED) is 0.568. The van der Waals surface area contributed by atoms with Crippen LogP contribution in [0.4, 0.5) is 0 Å². The fourth-order valence-corrected chi connectivity index (χ4v) is 3.84. The van der Waals surface area contributed by atoms with Crippen molar-refractivity contribution in [2.75, 3.05) is 14.2 Å². The number of likely N-dealkylation sites (N-methyl/N-ethyl adjacent to an activating group) is 1. The van der Waals surface area contributed by atoms with Crippen molar-refractivity contribution in [3.8, 4) is 17.2 Å². The topological polar surface area (TPSA) is 85.9 Å². The first-order valence-corrected chi connectivity index (χ1v) is 11.2. The zero-order valence-corrected chi connectivity index (χ0v) is 19.2. The van der Waals surface area contributed by atoms with Gasteiger partial charge in [0.25, 0.3) is 0 Å². The molecule has 4 bridgehead atoms. The number of nitrogens with one attached hydrogen (secondary N) is 2. The second-order valence-electron chi connectivity index (χ2n) is 8.14. The third-order valence-electron chi connectivity index (χ3n) is 5.75. The van der Waals surface area contributed by atoms with Crippen LogP contribution in [0.1, 0.15) is 16.7 Å². The van der Waals surface area contributed by atoms with Crippen molar-refractivity contribution >= 4 is 11.9 Å². The third kappa shape index (κ3) is 5.74. The van der Waals surface area contributed by atoms with Gasteiger partial charge in [0, 0.05) is 6.42 Å². The first-order valence-electron chi connectivity index (χ1n) is 11.2. The van der Waals surface area contributed by atoms with E-state index in [0.29, 0.717) is 23.7 Å². The Kier molecular flexibility index (Phi) is 7.44. The number of carbonyl (C=O) groups excluding carboxylic acids is 2. The minimum absolute atomic E-state index is 0.129. The lowest BCUT2D eigenvalue weighted by molar-refractivity contribution is -0.149. The van der Waals surface area contributed by atoms with Gasteiger partial charge in [0.2, 0.25) is 5.91 Å². The molecule has 0 saturated heterocycles. The molecule has 2 atom stereocenters. The van der Waals surface area contributed by atoms with Gasteiger partial charge >= 0.3 is 5.97 Å². The summed E-state index contributed by atoms with van der Waals surface area (Å²) in [5.41, 5.74) is 2.63. The Morgan fingerprint density at radius 1 is 1.03 bits per heavy atom. The number of fused-ring (bicyclic) bond motifs is 7. The van der Waals surface area contributed by atoms with Gasteiger partial charge in [-0.05, 0) is 54.4 Å². The molecule has 0 saturated carbocycles. The number of benzene rings is 3. The number of ether oxygens (including phenoxy) is 3. The molecule has 0 spiro atoms. The molecule has 0 unspecified atom stereocenters. The monoisotopic (exact) mass is 460 g/mol. The molecule has 0 radical (unpaired) electrons. The highest BCUT2D eigenvalue weighted by Crippen LogP contribution is 2.33. The second-order valence-corrected chi connectivity index (χ2v) is 8.14. The van der Waals surface area contributed by atoms with E-state index in [1.165, 1.54) is 0 Å². The Hall–Kier alpha value is -3.84. The highest BCUT2D eigenvalue weighted by molar-refractivity contribution is 5.88. The summed E-state index contributed by atoms with van der Waals surface area (Å²) >= 11 is 0. The Morgan fingerprint density at radius 2 is 1.76 bits per heavy atom. The van der Waals surface area contributed by atoms with Crippen LogP contribution in [0.5, 0.6) is 17.2 Å². The van der Waals surface area contributed by atoms with Crippen LogP contribution in [-0.4, -0.2) is 38.1 Å². The van der Waals surface area contributed by atoms with Crippen molar-refractivity contribution in [3.05, 3.63) is 89.5 Å². The van der Waals surface area contributed by atoms with E-state index in [2.05, 4.69) is 10.6 Å². The van der Waals surface area contributed by atoms with Gasteiger partial charge in [0.05, 0.1) is 13.2 Å². The second kappa shape index (κ2) is 10.9. The van der Waals surface area contributed by atoms with Crippen molar-refractivity contribution in [1.29, 1.82) is 0 Å². The third-order valence-corrected chi connectivity index (χ3v) is 5.75. The van der Waals surface area contributed by atoms with Gasteiger partial charge in [-0.15, -0.1) is 0 Å². The molecule has 2 N–H and O–H groups in total. The van der Waals surface area contributed by atoms with Gasteiger partial charge in [-0.25, -0.2) is 4.79 Å². The van der Waals surface area contributed by atoms with Gasteiger partial charge < -0.3 is 24.8 Å². The molecular weight excluding hydrogens is 432 g/mol. The van der Waals surface area contributed by atoms with E-state index in [9.17, 15) is 9.59 Å². The highest BCUT2D eigenvalue weighted by atomic mass is 16.5. The molecule has 2 aliphatic rings. The van der Waals surface area contributed by atoms with E-state index in [0.717, 1.165) is 16.7 Å². The van der Waals surface area contributed by atoms with Crippen molar-refractivity contribution < 1.29 is 23.8 Å². The average molecular weight is 461 g/mol. The summed E-state index contributed by atoms with van der Waals surface area (Å²) in [6.45, 7) is 0.129. The molecule has 7 nitrogen and oxygen atoms in total. The molecule has 3 aromatic carbocycles. The first kappa shape index (κ1) is 23.3. The van der Waals surface area contributed by atoms with Gasteiger partial charge in [-0.2, -0.15) is 0 Å². The van der Waals surface area contributed by atoms with Crippen LogP contribution in [0.25, 0.3) is 0 Å². The SMILES string of the molecule is CN[C@H]1Cc2ccc(cc2)Oc2cc(ccc2OC)C[C@@H](C(=O)OCc2ccccc2)NC1=O. The largest absolute Gasteiger partial charge is 0.493 e. The zero-order chi connectivity index (χ0) is 23.9. The molecule has 0 fully saturated rings.